The second-order valence-corrected chi connectivity index (χ2v) is 9.72. The highest BCUT2D eigenvalue weighted by atomic mass is 79.9. The second kappa shape index (κ2) is 6.91. The van der Waals surface area contributed by atoms with E-state index in [2.05, 4.69) is 40.2 Å². The highest BCUT2D eigenvalue weighted by molar-refractivity contribution is 9.10. The Bertz CT molecular complexity index is 1030. The molecule has 2 bridgehead atoms. The van der Waals surface area contributed by atoms with E-state index in [0.29, 0.717) is 25.7 Å². The topological polar surface area (TPSA) is 20.3 Å². The predicted molar refractivity (Wildman–Crippen MR) is 110 cm³/mol. The first kappa shape index (κ1) is 19.2. The minimum absolute atomic E-state index is 0.369. The molecule has 2 fully saturated rings. The van der Waals surface area contributed by atoms with Gasteiger partial charge in [-0.1, -0.05) is 57.5 Å². The molecule has 3 aliphatic heterocycles. The highest BCUT2D eigenvalue weighted by Crippen LogP contribution is 2.51. The Hall–Kier alpha value is -1.73. The second-order valence-electron chi connectivity index (χ2n) is 7.72. The molecule has 3 heterocycles. The number of piperidine rings is 1. The van der Waals surface area contributed by atoms with Gasteiger partial charge < -0.3 is 4.90 Å². The number of amides is 1. The molecule has 1 amide bonds. The number of fused-ring (bicyclic) bond motifs is 4. The number of nitrogens with zero attached hydrogens (tertiary/aromatic N) is 1. The third-order valence-corrected chi connectivity index (χ3v) is 7.63. The number of carbonyl (C=O) groups is 1. The van der Waals surface area contributed by atoms with E-state index in [1.807, 2.05) is 18.2 Å². The molecule has 2 atom stereocenters. The van der Waals surface area contributed by atoms with Crippen molar-refractivity contribution < 1.29 is 18.0 Å². The van der Waals surface area contributed by atoms with E-state index >= 15 is 0 Å². The van der Waals surface area contributed by atoms with Crippen molar-refractivity contribution in [1.82, 2.24) is 4.90 Å². The van der Waals surface area contributed by atoms with Crippen molar-refractivity contribution in [2.45, 2.75) is 53.7 Å². The molecule has 7 heteroatoms. The van der Waals surface area contributed by atoms with E-state index in [9.17, 15) is 18.0 Å². The molecule has 2 aromatic rings. The summed E-state index contributed by atoms with van der Waals surface area (Å²) in [6.45, 7) is 0. The van der Waals surface area contributed by atoms with Crippen molar-refractivity contribution in [1.29, 1.82) is 0 Å². The normalized spacial score (nSPS) is 23.1. The number of alkyl halides is 3. The fraction of sp³-hybridized carbons (Fsp3) is 0.318. The fourth-order valence-electron chi connectivity index (χ4n) is 4.89. The average molecular weight is 480 g/mol. The first-order valence-corrected chi connectivity index (χ1v) is 11.1. The van der Waals surface area contributed by atoms with Gasteiger partial charge >= 0.3 is 12.1 Å². The van der Waals surface area contributed by atoms with Gasteiger partial charge in [0, 0.05) is 26.3 Å². The summed E-state index contributed by atoms with van der Waals surface area (Å²) >= 11 is 5.25. The van der Waals surface area contributed by atoms with Crippen LogP contribution in [-0.2, 0) is 4.79 Å². The summed E-state index contributed by atoms with van der Waals surface area (Å²) in [5, 5.41) is 0. The molecule has 0 aromatic heterocycles. The monoisotopic (exact) mass is 479 g/mol. The number of hydrogen-bond donors (Lipinski definition) is 0. The van der Waals surface area contributed by atoms with Gasteiger partial charge in [-0.15, -0.1) is 0 Å². The van der Waals surface area contributed by atoms with Crippen LogP contribution in [0.4, 0.5) is 13.2 Å². The standard InChI is InChI=1S/C22H17BrF3NOS/c23-13-5-8-17-19(11-13)29-18-4-2-1-3-16(18)20(17)12-9-14-6-7-15(10-12)27(14)21(28)22(24,25)26/h1-5,8,11,14-15H,6-7,9-10H2. The zero-order valence-electron chi connectivity index (χ0n) is 15.3. The lowest BCUT2D eigenvalue weighted by atomic mass is 9.85. The Morgan fingerprint density at radius 2 is 1.66 bits per heavy atom. The summed E-state index contributed by atoms with van der Waals surface area (Å²) < 4.78 is 40.2. The van der Waals surface area contributed by atoms with Gasteiger partial charge in [0.15, 0.2) is 0 Å². The maximum absolute atomic E-state index is 13.1. The third kappa shape index (κ3) is 3.22. The largest absolute Gasteiger partial charge is 0.471 e. The summed E-state index contributed by atoms with van der Waals surface area (Å²) in [5.74, 6) is -1.68. The average Bonchev–Trinajstić information content (AvgIpc) is 2.93. The molecule has 2 nitrogen and oxygen atoms in total. The lowest BCUT2D eigenvalue weighted by Crippen LogP contribution is -2.50. The Morgan fingerprint density at radius 1 is 1.00 bits per heavy atom. The molecule has 3 aliphatic rings. The van der Waals surface area contributed by atoms with Gasteiger partial charge in [0.2, 0.25) is 0 Å². The Balaban J connectivity index is 1.61. The van der Waals surface area contributed by atoms with E-state index in [1.54, 1.807) is 11.8 Å². The van der Waals surface area contributed by atoms with Crippen LogP contribution < -0.4 is 0 Å². The van der Waals surface area contributed by atoms with Crippen molar-refractivity contribution in [2.75, 3.05) is 0 Å². The van der Waals surface area contributed by atoms with Crippen LogP contribution >= 0.6 is 27.7 Å². The third-order valence-electron chi connectivity index (χ3n) is 6.00. The van der Waals surface area contributed by atoms with E-state index < -0.39 is 12.1 Å². The number of rotatable bonds is 0. The quantitative estimate of drug-likeness (QED) is 0.370. The van der Waals surface area contributed by atoms with E-state index in [-0.39, 0.29) is 12.1 Å². The van der Waals surface area contributed by atoms with Crippen molar-refractivity contribution in [3.05, 3.63) is 63.6 Å². The van der Waals surface area contributed by atoms with Crippen LogP contribution in [0, 0.1) is 0 Å². The highest BCUT2D eigenvalue weighted by Gasteiger charge is 2.51. The lowest BCUT2D eigenvalue weighted by molar-refractivity contribution is -0.189. The van der Waals surface area contributed by atoms with Crippen molar-refractivity contribution >= 4 is 39.2 Å². The summed E-state index contributed by atoms with van der Waals surface area (Å²) in [6, 6.07) is 13.6. The molecule has 5 rings (SSSR count). The van der Waals surface area contributed by atoms with Crippen LogP contribution in [0.25, 0.3) is 5.57 Å². The molecule has 29 heavy (non-hydrogen) atoms. The van der Waals surface area contributed by atoms with Gasteiger partial charge in [0.1, 0.15) is 0 Å². The molecule has 0 saturated carbocycles. The molecule has 0 spiro atoms. The van der Waals surface area contributed by atoms with E-state index in [0.717, 1.165) is 35.9 Å². The summed E-state index contributed by atoms with van der Waals surface area (Å²) in [5.41, 5.74) is 4.57. The van der Waals surface area contributed by atoms with Gasteiger partial charge in [-0.05, 0) is 60.6 Å². The Morgan fingerprint density at radius 3 is 2.34 bits per heavy atom. The first-order chi connectivity index (χ1) is 13.8. The molecular weight excluding hydrogens is 463 g/mol. The molecule has 2 unspecified atom stereocenters. The van der Waals surface area contributed by atoms with E-state index in [4.69, 9.17) is 0 Å². The van der Waals surface area contributed by atoms with Gasteiger partial charge in [0.25, 0.3) is 0 Å². The predicted octanol–water partition coefficient (Wildman–Crippen LogP) is 6.43. The van der Waals surface area contributed by atoms with Crippen LogP contribution in [0.5, 0.6) is 0 Å². The van der Waals surface area contributed by atoms with Crippen LogP contribution in [0.3, 0.4) is 0 Å². The molecule has 2 aromatic carbocycles. The van der Waals surface area contributed by atoms with Crippen LogP contribution in [-0.4, -0.2) is 29.1 Å². The number of halogens is 4. The summed E-state index contributed by atoms with van der Waals surface area (Å²) in [7, 11) is 0. The van der Waals surface area contributed by atoms with Gasteiger partial charge in [-0.2, -0.15) is 13.2 Å². The van der Waals surface area contributed by atoms with Crippen molar-refractivity contribution in [2.24, 2.45) is 0 Å². The minimum Gasteiger partial charge on any atom is -0.328 e. The zero-order chi connectivity index (χ0) is 20.3. The van der Waals surface area contributed by atoms with E-state index in [1.165, 1.54) is 5.57 Å². The Labute approximate surface area is 179 Å². The Kier molecular flexibility index (Phi) is 4.59. The zero-order valence-corrected chi connectivity index (χ0v) is 17.7. The van der Waals surface area contributed by atoms with Crippen LogP contribution in [0.1, 0.15) is 36.8 Å². The lowest BCUT2D eigenvalue weighted by Gasteiger charge is -2.38. The van der Waals surface area contributed by atoms with Gasteiger partial charge in [0.05, 0.1) is 0 Å². The number of benzene rings is 2. The minimum atomic E-state index is -4.81. The maximum Gasteiger partial charge on any atom is 0.471 e. The van der Waals surface area contributed by atoms with Gasteiger partial charge in [-0.25, -0.2) is 0 Å². The summed E-state index contributed by atoms with van der Waals surface area (Å²) in [6.07, 6.45) is -2.54. The summed E-state index contributed by atoms with van der Waals surface area (Å²) in [4.78, 5) is 15.4. The van der Waals surface area contributed by atoms with Gasteiger partial charge in [-0.3, -0.25) is 4.79 Å². The van der Waals surface area contributed by atoms with Crippen molar-refractivity contribution in [3.63, 3.8) is 0 Å². The smallest absolute Gasteiger partial charge is 0.328 e. The van der Waals surface area contributed by atoms with Crippen molar-refractivity contribution in [3.8, 4) is 0 Å². The number of carbonyl (C=O) groups excluding carboxylic acids is 1. The van der Waals surface area contributed by atoms with Crippen LogP contribution in [0.2, 0.25) is 0 Å². The fourth-order valence-corrected chi connectivity index (χ4v) is 6.53. The SMILES string of the molecule is O=C(N1C2CCC1CC(=C1c3ccccc3Sc3cc(Br)ccc31)C2)C(F)(F)F. The molecule has 0 N–H and O–H groups in total. The molecule has 2 saturated heterocycles. The molecule has 150 valence electrons. The molecular formula is C22H17BrF3NOS. The molecule has 0 aliphatic carbocycles. The first-order valence-electron chi connectivity index (χ1n) is 9.51. The molecule has 0 radical (unpaired) electrons. The maximum atomic E-state index is 13.1. The van der Waals surface area contributed by atoms with Crippen LogP contribution in [0.15, 0.2) is 62.3 Å². The number of hydrogen-bond acceptors (Lipinski definition) is 2.